The molecule has 2 heteroatoms. The first-order valence-corrected chi connectivity index (χ1v) is 8.91. The lowest BCUT2D eigenvalue weighted by Crippen LogP contribution is -2.45. The normalized spacial score (nSPS) is 22.0. The first kappa shape index (κ1) is 16.9. The van der Waals surface area contributed by atoms with Crippen LogP contribution in [0.3, 0.4) is 0 Å². The van der Waals surface area contributed by atoms with Crippen LogP contribution in [0.4, 0.5) is 0 Å². The maximum absolute atomic E-state index is 6.20. The number of likely N-dealkylation sites (tertiary alicyclic amines) is 1. The van der Waals surface area contributed by atoms with Crippen LogP contribution >= 0.6 is 0 Å². The summed E-state index contributed by atoms with van der Waals surface area (Å²) in [5.41, 5.74) is 2.62. The van der Waals surface area contributed by atoms with Crippen molar-refractivity contribution in [3.8, 4) is 0 Å². The largest absolute Gasteiger partial charge is 0.372 e. The van der Waals surface area contributed by atoms with E-state index in [1.165, 1.54) is 11.1 Å². The van der Waals surface area contributed by atoms with Crippen molar-refractivity contribution in [3.63, 3.8) is 0 Å². The standard InChI is InChI=1S/C22H27NO/c1-2-9-21-14-15-22(24-18-20-12-7-4-8-13-20)17-23(21)16-19-10-5-3-6-11-19/h2-13,21-22H,14-18H2,1H3/b9-2-/t21-,22-/m1/s1. The molecule has 126 valence electrons. The zero-order valence-electron chi connectivity index (χ0n) is 14.5. The summed E-state index contributed by atoms with van der Waals surface area (Å²) in [5.74, 6) is 0. The lowest BCUT2D eigenvalue weighted by Gasteiger charge is -2.38. The minimum Gasteiger partial charge on any atom is -0.372 e. The molecule has 1 heterocycles. The summed E-state index contributed by atoms with van der Waals surface area (Å²) in [6.07, 6.45) is 7.11. The van der Waals surface area contributed by atoms with Crippen LogP contribution in [0.5, 0.6) is 0 Å². The molecule has 1 aliphatic rings. The third kappa shape index (κ3) is 4.80. The van der Waals surface area contributed by atoms with Crippen molar-refractivity contribution in [2.45, 2.75) is 45.1 Å². The predicted molar refractivity (Wildman–Crippen MR) is 99.7 cm³/mol. The fourth-order valence-electron chi connectivity index (χ4n) is 3.39. The highest BCUT2D eigenvalue weighted by atomic mass is 16.5. The van der Waals surface area contributed by atoms with E-state index in [4.69, 9.17) is 4.74 Å². The van der Waals surface area contributed by atoms with Gasteiger partial charge in [0.1, 0.15) is 0 Å². The second kappa shape index (κ2) is 8.81. The summed E-state index contributed by atoms with van der Waals surface area (Å²) in [4.78, 5) is 2.55. The minimum absolute atomic E-state index is 0.315. The van der Waals surface area contributed by atoms with Crippen LogP contribution in [0.1, 0.15) is 30.9 Å². The number of ether oxygens (including phenoxy) is 1. The van der Waals surface area contributed by atoms with Crippen LogP contribution in [-0.2, 0) is 17.9 Å². The van der Waals surface area contributed by atoms with Crippen molar-refractivity contribution < 1.29 is 4.74 Å². The lowest BCUT2D eigenvalue weighted by atomic mass is 9.98. The summed E-state index contributed by atoms with van der Waals surface area (Å²) in [6.45, 7) is 4.80. The molecule has 2 aromatic carbocycles. The fourth-order valence-corrected chi connectivity index (χ4v) is 3.39. The van der Waals surface area contributed by atoms with Crippen molar-refractivity contribution in [1.82, 2.24) is 4.90 Å². The Bertz CT molecular complexity index is 623. The molecule has 0 bridgehead atoms. The van der Waals surface area contributed by atoms with Crippen LogP contribution in [-0.4, -0.2) is 23.6 Å². The van der Waals surface area contributed by atoms with E-state index in [0.717, 1.165) is 25.9 Å². The van der Waals surface area contributed by atoms with Gasteiger partial charge in [0.2, 0.25) is 0 Å². The van der Waals surface area contributed by atoms with Gasteiger partial charge in [0.15, 0.2) is 0 Å². The number of benzene rings is 2. The third-order valence-corrected chi connectivity index (χ3v) is 4.66. The maximum Gasteiger partial charge on any atom is 0.0721 e. The van der Waals surface area contributed by atoms with Gasteiger partial charge in [-0.1, -0.05) is 72.8 Å². The highest BCUT2D eigenvalue weighted by Gasteiger charge is 2.27. The Balaban J connectivity index is 1.60. The molecule has 2 aromatic rings. The second-order valence-corrected chi connectivity index (χ2v) is 6.50. The van der Waals surface area contributed by atoms with Crippen molar-refractivity contribution >= 4 is 0 Å². The van der Waals surface area contributed by atoms with Crippen LogP contribution in [0, 0.1) is 0 Å². The van der Waals surface area contributed by atoms with E-state index >= 15 is 0 Å². The van der Waals surface area contributed by atoms with E-state index in [1.54, 1.807) is 0 Å². The van der Waals surface area contributed by atoms with E-state index in [-0.39, 0.29) is 0 Å². The average Bonchev–Trinajstić information content (AvgIpc) is 2.64. The molecule has 3 rings (SSSR count). The average molecular weight is 321 g/mol. The molecule has 0 spiro atoms. The van der Waals surface area contributed by atoms with Gasteiger partial charge in [-0.3, -0.25) is 4.90 Å². The molecule has 0 amide bonds. The topological polar surface area (TPSA) is 12.5 Å². The van der Waals surface area contributed by atoms with Gasteiger partial charge in [0, 0.05) is 19.1 Å². The maximum atomic E-state index is 6.20. The summed E-state index contributed by atoms with van der Waals surface area (Å²) in [5, 5.41) is 0. The van der Waals surface area contributed by atoms with Gasteiger partial charge in [0.25, 0.3) is 0 Å². The summed E-state index contributed by atoms with van der Waals surface area (Å²) < 4.78 is 6.20. The molecule has 0 aliphatic carbocycles. The van der Waals surface area contributed by atoms with Gasteiger partial charge in [-0.15, -0.1) is 0 Å². The van der Waals surface area contributed by atoms with Gasteiger partial charge in [-0.05, 0) is 30.9 Å². The zero-order valence-corrected chi connectivity index (χ0v) is 14.5. The Hall–Kier alpha value is -1.90. The molecule has 0 saturated carbocycles. The zero-order chi connectivity index (χ0) is 16.6. The molecule has 1 saturated heterocycles. The summed E-state index contributed by atoms with van der Waals surface area (Å²) >= 11 is 0. The molecule has 2 nitrogen and oxygen atoms in total. The van der Waals surface area contributed by atoms with E-state index in [2.05, 4.69) is 78.6 Å². The van der Waals surface area contributed by atoms with Gasteiger partial charge >= 0.3 is 0 Å². The molecule has 0 radical (unpaired) electrons. The molecule has 0 aromatic heterocycles. The number of piperidine rings is 1. The molecular weight excluding hydrogens is 294 g/mol. The number of allylic oxidation sites excluding steroid dienone is 1. The molecule has 2 atom stereocenters. The molecule has 0 unspecified atom stereocenters. The SMILES string of the molecule is C/C=C\[C@@H]1CC[C@@H](OCc2ccccc2)CN1Cc1ccccc1. The van der Waals surface area contributed by atoms with Gasteiger partial charge in [-0.25, -0.2) is 0 Å². The molecule has 0 N–H and O–H groups in total. The van der Waals surface area contributed by atoms with E-state index in [1.807, 2.05) is 6.07 Å². The van der Waals surface area contributed by atoms with Gasteiger partial charge < -0.3 is 4.74 Å². The molecular formula is C22H27NO. The second-order valence-electron chi connectivity index (χ2n) is 6.50. The number of rotatable bonds is 6. The first-order chi connectivity index (χ1) is 11.8. The van der Waals surface area contributed by atoms with Crippen molar-refractivity contribution in [3.05, 3.63) is 83.9 Å². The Morgan fingerprint density at radius 2 is 1.62 bits per heavy atom. The number of hydrogen-bond donors (Lipinski definition) is 0. The molecule has 1 aliphatic heterocycles. The van der Waals surface area contributed by atoms with Crippen molar-refractivity contribution in [1.29, 1.82) is 0 Å². The first-order valence-electron chi connectivity index (χ1n) is 8.91. The number of nitrogens with zero attached hydrogens (tertiary/aromatic N) is 1. The Morgan fingerprint density at radius 3 is 2.29 bits per heavy atom. The van der Waals surface area contributed by atoms with Gasteiger partial charge in [0.05, 0.1) is 12.7 Å². The molecule has 1 fully saturated rings. The quantitative estimate of drug-likeness (QED) is 0.708. The van der Waals surface area contributed by atoms with Gasteiger partial charge in [-0.2, -0.15) is 0 Å². The number of hydrogen-bond acceptors (Lipinski definition) is 2. The van der Waals surface area contributed by atoms with E-state index < -0.39 is 0 Å². The highest BCUT2D eigenvalue weighted by molar-refractivity contribution is 5.16. The Morgan fingerprint density at radius 1 is 0.958 bits per heavy atom. The van der Waals surface area contributed by atoms with Crippen molar-refractivity contribution in [2.24, 2.45) is 0 Å². The fraction of sp³-hybridized carbons (Fsp3) is 0.364. The monoisotopic (exact) mass is 321 g/mol. The summed E-state index contributed by atoms with van der Waals surface area (Å²) in [6, 6.07) is 21.7. The van der Waals surface area contributed by atoms with Crippen LogP contribution in [0.15, 0.2) is 72.8 Å². The smallest absolute Gasteiger partial charge is 0.0721 e. The van der Waals surface area contributed by atoms with Crippen LogP contribution in [0.25, 0.3) is 0 Å². The predicted octanol–water partition coefficient (Wildman–Crippen LogP) is 4.81. The Kier molecular flexibility index (Phi) is 6.22. The van der Waals surface area contributed by atoms with Crippen LogP contribution < -0.4 is 0 Å². The lowest BCUT2D eigenvalue weighted by molar-refractivity contribution is -0.0234. The third-order valence-electron chi connectivity index (χ3n) is 4.66. The minimum atomic E-state index is 0.315. The highest BCUT2D eigenvalue weighted by Crippen LogP contribution is 2.23. The van der Waals surface area contributed by atoms with E-state index in [0.29, 0.717) is 18.8 Å². The van der Waals surface area contributed by atoms with Crippen molar-refractivity contribution in [2.75, 3.05) is 6.54 Å². The van der Waals surface area contributed by atoms with Crippen LogP contribution in [0.2, 0.25) is 0 Å². The summed E-state index contributed by atoms with van der Waals surface area (Å²) in [7, 11) is 0. The van der Waals surface area contributed by atoms with E-state index in [9.17, 15) is 0 Å². The molecule has 24 heavy (non-hydrogen) atoms. The Labute approximate surface area is 145 Å².